The van der Waals surface area contributed by atoms with Crippen molar-refractivity contribution in [3.63, 3.8) is 0 Å². The Morgan fingerprint density at radius 2 is 1.82 bits per heavy atom. The molecule has 1 saturated heterocycles. The molecular weight excluding hydrogens is 525 g/mol. The molecule has 0 spiro atoms. The van der Waals surface area contributed by atoms with Crippen molar-refractivity contribution in [3.8, 4) is 11.8 Å². The minimum absolute atomic E-state index is 0.0981. The van der Waals surface area contributed by atoms with Gasteiger partial charge >= 0.3 is 29.2 Å². The number of aliphatic hydroxyl groups is 1. The number of nitrogens with two attached hydrogens (primary N) is 2. The molecule has 9 N–H and O–H groups in total. The smallest absolute Gasteiger partial charge is 0.387 e. The van der Waals surface area contributed by atoms with Crippen molar-refractivity contribution < 1.29 is 56.3 Å². The fraction of sp³-hybridized carbons (Fsp3) is 0.571. The molecule has 7 atom stereocenters. The van der Waals surface area contributed by atoms with Gasteiger partial charge in [0.05, 0.1) is 6.10 Å². The van der Waals surface area contributed by atoms with Crippen LogP contribution in [0.25, 0.3) is 0 Å². The third-order valence-corrected chi connectivity index (χ3v) is 8.34. The van der Waals surface area contributed by atoms with Gasteiger partial charge in [-0.2, -0.15) is 13.6 Å². The van der Waals surface area contributed by atoms with Gasteiger partial charge in [0.1, 0.15) is 18.0 Å². The second-order valence-corrected chi connectivity index (χ2v) is 11.5. The van der Waals surface area contributed by atoms with Crippen LogP contribution < -0.4 is 17.2 Å². The van der Waals surface area contributed by atoms with E-state index < -0.39 is 59.2 Å². The van der Waals surface area contributed by atoms with Crippen molar-refractivity contribution in [2.75, 3.05) is 5.73 Å². The highest BCUT2D eigenvalue weighted by Gasteiger charge is 2.57. The van der Waals surface area contributed by atoms with Gasteiger partial charge in [-0.15, -0.1) is 5.92 Å². The molecule has 2 rings (SSSR count). The highest BCUT2D eigenvalue weighted by atomic mass is 31.3. The van der Waals surface area contributed by atoms with E-state index in [1.807, 2.05) is 0 Å². The van der Waals surface area contributed by atoms with E-state index in [4.69, 9.17) is 26.0 Å². The summed E-state index contributed by atoms with van der Waals surface area (Å²) in [6, 6.07) is 1.32. The second kappa shape index (κ2) is 9.88. The van der Waals surface area contributed by atoms with Crippen LogP contribution in [-0.4, -0.2) is 58.1 Å². The van der Waals surface area contributed by atoms with E-state index in [1.165, 1.54) is 19.9 Å². The third-order valence-electron chi connectivity index (χ3n) is 4.42. The summed E-state index contributed by atoms with van der Waals surface area (Å²) >= 11 is 0. The first-order valence-electron chi connectivity index (χ1n) is 9.06. The van der Waals surface area contributed by atoms with Crippen LogP contribution in [0.4, 0.5) is 5.82 Å². The van der Waals surface area contributed by atoms with E-state index in [-0.39, 0.29) is 11.5 Å². The summed E-state index contributed by atoms with van der Waals surface area (Å²) in [4.78, 5) is 52.3. The van der Waals surface area contributed by atoms with Gasteiger partial charge in [-0.05, 0) is 26.8 Å². The second-order valence-electron chi connectivity index (χ2n) is 7.08. The highest BCUT2D eigenvalue weighted by molar-refractivity contribution is 7.66. The number of hydrogen-bond donors (Lipinski definition) is 7. The highest BCUT2D eigenvalue weighted by Crippen LogP contribution is 2.66. The first kappa shape index (κ1) is 28.8. The lowest BCUT2D eigenvalue weighted by Gasteiger charge is -2.29. The van der Waals surface area contributed by atoms with E-state index in [2.05, 4.69) is 30.0 Å². The van der Waals surface area contributed by atoms with Crippen LogP contribution in [0.5, 0.6) is 0 Å². The molecule has 1 aliphatic heterocycles. The molecule has 1 aromatic heterocycles. The van der Waals surface area contributed by atoms with Crippen molar-refractivity contribution >= 4 is 29.3 Å². The van der Waals surface area contributed by atoms with Gasteiger partial charge in [0.15, 0.2) is 11.8 Å². The first-order chi connectivity index (χ1) is 15.3. The molecule has 20 heteroatoms. The summed E-state index contributed by atoms with van der Waals surface area (Å²) in [6.45, 7) is 3.93. The maximum atomic E-state index is 12.5. The molecule has 0 aliphatic carbocycles. The van der Waals surface area contributed by atoms with Crippen LogP contribution in [0.2, 0.25) is 0 Å². The Balaban J connectivity index is 2.37. The number of ether oxygens (including phenoxy) is 1. The largest absolute Gasteiger partial charge is 0.490 e. The van der Waals surface area contributed by atoms with Crippen LogP contribution in [0.3, 0.4) is 0 Å². The Hall–Kier alpha value is -1.47. The summed E-state index contributed by atoms with van der Waals surface area (Å²) in [6.07, 6.45) is -6.47. The van der Waals surface area contributed by atoms with Crippen molar-refractivity contribution in [2.45, 2.75) is 50.8 Å². The van der Waals surface area contributed by atoms with E-state index in [0.29, 0.717) is 0 Å². The summed E-state index contributed by atoms with van der Waals surface area (Å²) in [5.41, 5.74) is 9.15. The maximum Gasteiger partial charge on any atom is 0.490 e. The van der Waals surface area contributed by atoms with Crippen LogP contribution in [0.15, 0.2) is 10.9 Å². The fourth-order valence-electron chi connectivity index (χ4n) is 3.23. The number of phosphoric acid groups is 3. The van der Waals surface area contributed by atoms with Crippen LogP contribution >= 0.6 is 23.5 Å². The molecule has 0 saturated carbocycles. The lowest BCUT2D eigenvalue weighted by Crippen LogP contribution is -2.55. The number of phosphoric ester groups is 1. The maximum absolute atomic E-state index is 12.5. The number of anilines is 1. The summed E-state index contributed by atoms with van der Waals surface area (Å²) in [5, 5.41) is 10.8. The lowest BCUT2D eigenvalue weighted by molar-refractivity contribution is -0.0760. The third kappa shape index (κ3) is 6.60. The number of aryl methyl sites for hydroxylation is 1. The Morgan fingerprint density at radius 1 is 1.24 bits per heavy atom. The average Bonchev–Trinajstić information content (AvgIpc) is 2.83. The van der Waals surface area contributed by atoms with Crippen molar-refractivity contribution in [3.05, 3.63) is 22.2 Å². The van der Waals surface area contributed by atoms with E-state index in [0.717, 1.165) is 11.5 Å². The van der Waals surface area contributed by atoms with Crippen molar-refractivity contribution in [1.29, 1.82) is 0 Å². The van der Waals surface area contributed by atoms with Gasteiger partial charge in [-0.1, -0.05) is 5.92 Å². The molecule has 0 amide bonds. The van der Waals surface area contributed by atoms with Gasteiger partial charge < -0.3 is 40.9 Å². The zero-order valence-corrected chi connectivity index (χ0v) is 20.5. The molecule has 0 aromatic carbocycles. The Labute approximate surface area is 192 Å². The number of nitrogens with zero attached hydrogens (tertiary/aromatic N) is 2. The minimum atomic E-state index is -5.77. The van der Waals surface area contributed by atoms with Crippen molar-refractivity contribution in [1.82, 2.24) is 9.55 Å². The minimum Gasteiger partial charge on any atom is -0.387 e. The zero-order valence-electron chi connectivity index (χ0n) is 17.8. The Bertz CT molecular complexity index is 1210. The van der Waals surface area contributed by atoms with Crippen LogP contribution in [-0.2, 0) is 31.6 Å². The molecule has 0 bridgehead atoms. The summed E-state index contributed by atoms with van der Waals surface area (Å²) in [7, 11) is -16.9. The summed E-state index contributed by atoms with van der Waals surface area (Å²) < 4.78 is 53.0. The Kier molecular flexibility index (Phi) is 8.36. The SMILES string of the molecule is CC#CC1(N)[C@@H](O)[C@@H]([C@H](C)OP(=O)(O)OP(=O)(O)OP(=O)(O)O)O[C@H]1n1c(C)cc(N)nc1=O. The molecule has 2 heterocycles. The number of aromatic nitrogens is 2. The number of aliphatic hydroxyl groups excluding tert-OH is 1. The topological polar surface area (TPSA) is 276 Å². The predicted octanol–water partition coefficient (Wildman–Crippen LogP) is -1.16. The van der Waals surface area contributed by atoms with Crippen LogP contribution in [0, 0.1) is 18.8 Å². The molecule has 3 unspecified atom stereocenters. The number of hydrogen-bond acceptors (Lipinski definition) is 12. The monoisotopic (exact) mass is 548 g/mol. The summed E-state index contributed by atoms with van der Waals surface area (Å²) in [5.74, 6) is 4.91. The van der Waals surface area contributed by atoms with Gasteiger partial charge in [0.2, 0.25) is 0 Å². The fourth-order valence-corrected chi connectivity index (χ4v) is 6.43. The normalized spacial score (nSPS) is 29.5. The molecule has 1 fully saturated rings. The average molecular weight is 548 g/mol. The standard InChI is InChI=1S/C14H23N4O13P3/c1-4-5-14(16)11(19)10(28-12(14)18-7(2)6-9(15)17-13(18)20)8(3)29-33(24,25)31-34(26,27)30-32(21,22)23/h6,8,10-12,19H,16H2,1-3H3,(H,24,25)(H,26,27)(H2,15,17,20)(H2,21,22,23)/t8-,10+,11-,12+,14?/m0/s1. The van der Waals surface area contributed by atoms with E-state index >= 15 is 0 Å². The molecule has 192 valence electrons. The Morgan fingerprint density at radius 3 is 2.32 bits per heavy atom. The molecular formula is C14H23N4O13P3. The van der Waals surface area contributed by atoms with E-state index in [1.54, 1.807) is 0 Å². The van der Waals surface area contributed by atoms with Gasteiger partial charge in [0, 0.05) is 5.69 Å². The lowest BCUT2D eigenvalue weighted by atomic mass is 9.90. The van der Waals surface area contributed by atoms with Gasteiger partial charge in [-0.3, -0.25) is 9.09 Å². The molecule has 0 radical (unpaired) electrons. The predicted molar refractivity (Wildman–Crippen MR) is 112 cm³/mol. The quantitative estimate of drug-likeness (QED) is 0.149. The van der Waals surface area contributed by atoms with Gasteiger partial charge in [0.25, 0.3) is 0 Å². The molecule has 1 aliphatic rings. The number of rotatable bonds is 8. The van der Waals surface area contributed by atoms with Crippen LogP contribution in [0.1, 0.15) is 25.8 Å². The van der Waals surface area contributed by atoms with Gasteiger partial charge in [-0.25, -0.2) is 18.5 Å². The molecule has 1 aromatic rings. The number of nitrogen functional groups attached to an aromatic ring is 1. The molecule has 34 heavy (non-hydrogen) atoms. The first-order valence-corrected chi connectivity index (χ1v) is 13.6. The van der Waals surface area contributed by atoms with E-state index in [9.17, 15) is 33.4 Å². The van der Waals surface area contributed by atoms with Crippen molar-refractivity contribution in [2.24, 2.45) is 5.73 Å². The molecule has 17 nitrogen and oxygen atoms in total. The zero-order chi connectivity index (χ0) is 26.3.